The predicted molar refractivity (Wildman–Crippen MR) is 78.1 cm³/mol. The second-order valence-corrected chi connectivity index (χ2v) is 6.82. The lowest BCUT2D eigenvalue weighted by molar-refractivity contribution is -0.142. The zero-order valence-corrected chi connectivity index (χ0v) is 12.9. The summed E-state index contributed by atoms with van der Waals surface area (Å²) in [7, 11) is 0. The monoisotopic (exact) mass is 371 g/mol. The van der Waals surface area contributed by atoms with E-state index in [1.165, 1.54) is 22.6 Å². The number of anilines is 1. The van der Waals surface area contributed by atoms with Gasteiger partial charge in [-0.3, -0.25) is 5.32 Å². The number of nitrogens with one attached hydrogen (secondary N) is 2. The van der Waals surface area contributed by atoms with Crippen LogP contribution in [0.2, 0.25) is 0 Å². The molecular formula is C11H10BrN5O3S. The second kappa shape index (κ2) is 5.45. The smallest absolute Gasteiger partial charge is 0.326 e. The van der Waals surface area contributed by atoms with E-state index in [1.807, 2.05) is 0 Å². The molecule has 0 bridgehead atoms. The van der Waals surface area contributed by atoms with E-state index in [0.29, 0.717) is 10.8 Å². The van der Waals surface area contributed by atoms with Gasteiger partial charge in [-0.25, -0.2) is 19.6 Å². The Kier molecular flexibility index (Phi) is 3.64. The summed E-state index contributed by atoms with van der Waals surface area (Å²) in [5, 5.41) is 12.3. The highest BCUT2D eigenvalue weighted by Gasteiger charge is 2.36. The number of carboxylic acid groups (broad SMARTS) is 1. The Morgan fingerprint density at radius 1 is 1.52 bits per heavy atom. The highest BCUT2D eigenvalue weighted by Crippen LogP contribution is 2.25. The van der Waals surface area contributed by atoms with Crippen LogP contribution in [0.1, 0.15) is 11.4 Å². The van der Waals surface area contributed by atoms with Gasteiger partial charge in [0.05, 0.1) is 34.2 Å². The third-order valence-electron chi connectivity index (χ3n) is 3.14. The van der Waals surface area contributed by atoms with Crippen LogP contribution in [0.15, 0.2) is 16.3 Å². The van der Waals surface area contributed by atoms with Crippen LogP contribution in [-0.2, 0) is 17.8 Å². The molecule has 0 aliphatic carbocycles. The molecule has 0 fully saturated rings. The molecule has 1 aliphatic heterocycles. The van der Waals surface area contributed by atoms with Crippen molar-refractivity contribution < 1.29 is 14.7 Å². The van der Waals surface area contributed by atoms with E-state index in [1.54, 1.807) is 6.20 Å². The van der Waals surface area contributed by atoms with Gasteiger partial charge in [0.1, 0.15) is 6.04 Å². The number of thiazole rings is 1. The Balaban J connectivity index is 1.81. The maximum atomic E-state index is 12.3. The number of imidazole rings is 1. The van der Waals surface area contributed by atoms with Crippen molar-refractivity contribution in [1.82, 2.24) is 19.9 Å². The van der Waals surface area contributed by atoms with Gasteiger partial charge in [0.25, 0.3) is 0 Å². The Bertz CT molecular complexity index is 700. The number of aromatic nitrogens is 3. The summed E-state index contributed by atoms with van der Waals surface area (Å²) in [5.41, 5.74) is 1.44. The van der Waals surface area contributed by atoms with Gasteiger partial charge >= 0.3 is 12.0 Å². The number of rotatable bonds is 2. The molecule has 0 saturated heterocycles. The number of carbonyl (C=O) groups excluding carboxylic acids is 1. The van der Waals surface area contributed by atoms with Crippen LogP contribution in [0.5, 0.6) is 0 Å². The predicted octanol–water partition coefficient (Wildman–Crippen LogP) is 1.67. The number of hydrogen-bond donors (Lipinski definition) is 3. The molecule has 3 rings (SSSR count). The fourth-order valence-corrected chi connectivity index (χ4v) is 3.24. The average molecular weight is 372 g/mol. The molecule has 3 N–H and O–H groups in total. The van der Waals surface area contributed by atoms with Crippen molar-refractivity contribution >= 4 is 44.4 Å². The minimum Gasteiger partial charge on any atom is -0.480 e. The van der Waals surface area contributed by atoms with Gasteiger partial charge in [-0.15, -0.1) is 0 Å². The summed E-state index contributed by atoms with van der Waals surface area (Å²) >= 11 is 4.51. The maximum Gasteiger partial charge on any atom is 0.326 e. The molecule has 1 unspecified atom stereocenters. The first-order valence-corrected chi connectivity index (χ1v) is 7.58. The van der Waals surface area contributed by atoms with Crippen LogP contribution < -0.4 is 5.32 Å². The molecule has 0 spiro atoms. The van der Waals surface area contributed by atoms with Gasteiger partial charge in [0.15, 0.2) is 5.13 Å². The molecule has 2 aromatic rings. The zero-order valence-electron chi connectivity index (χ0n) is 10.5. The summed E-state index contributed by atoms with van der Waals surface area (Å²) < 4.78 is 0.780. The molecule has 1 aliphatic rings. The lowest BCUT2D eigenvalue weighted by Crippen LogP contribution is -2.50. The molecule has 2 aromatic heterocycles. The van der Waals surface area contributed by atoms with E-state index < -0.39 is 18.0 Å². The summed E-state index contributed by atoms with van der Waals surface area (Å²) in [5.74, 6) is -1.06. The lowest BCUT2D eigenvalue weighted by atomic mass is 10.0. The van der Waals surface area contributed by atoms with E-state index in [4.69, 9.17) is 0 Å². The minimum absolute atomic E-state index is 0.171. The molecule has 21 heavy (non-hydrogen) atoms. The van der Waals surface area contributed by atoms with Gasteiger partial charge < -0.3 is 15.0 Å². The number of H-pyrrole nitrogens is 1. The highest BCUT2D eigenvalue weighted by molar-refractivity contribution is 9.11. The van der Waals surface area contributed by atoms with Crippen molar-refractivity contribution in [2.45, 2.75) is 19.0 Å². The standard InChI is InChI=1S/C11H10BrN5O3S/c12-8-2-13-10(21-8)16-11(20)17-3-6-5(14-4-15-6)1-7(17)9(18)19/h2,4,7H,1,3H2,(H,14,15)(H,18,19)(H,13,16,20). The molecule has 0 radical (unpaired) electrons. The first-order chi connectivity index (χ1) is 10.0. The number of aliphatic carboxylic acids is 1. The van der Waals surface area contributed by atoms with Gasteiger partial charge in [0.2, 0.25) is 0 Å². The summed E-state index contributed by atoms with van der Waals surface area (Å²) in [6.07, 6.45) is 3.25. The summed E-state index contributed by atoms with van der Waals surface area (Å²) in [6.45, 7) is 0.171. The number of fused-ring (bicyclic) bond motifs is 1. The molecule has 1 atom stereocenters. The third kappa shape index (κ3) is 2.76. The number of carbonyl (C=O) groups is 2. The summed E-state index contributed by atoms with van der Waals surface area (Å²) in [4.78, 5) is 35.9. The lowest BCUT2D eigenvalue weighted by Gasteiger charge is -2.31. The minimum atomic E-state index is -1.06. The number of hydrogen-bond acceptors (Lipinski definition) is 5. The molecule has 3 heterocycles. The number of halogens is 1. The fraction of sp³-hybridized carbons (Fsp3) is 0.273. The van der Waals surface area contributed by atoms with Crippen molar-refractivity contribution in [1.29, 1.82) is 0 Å². The van der Waals surface area contributed by atoms with Gasteiger partial charge in [0, 0.05) is 6.42 Å². The van der Waals surface area contributed by atoms with E-state index >= 15 is 0 Å². The first kappa shape index (κ1) is 14.0. The zero-order chi connectivity index (χ0) is 15.0. The van der Waals surface area contributed by atoms with E-state index in [-0.39, 0.29) is 13.0 Å². The van der Waals surface area contributed by atoms with Crippen LogP contribution in [0.3, 0.4) is 0 Å². The summed E-state index contributed by atoms with van der Waals surface area (Å²) in [6, 6.07) is -1.44. The third-order valence-corrected chi connectivity index (χ3v) is 4.53. The molecule has 0 saturated carbocycles. The van der Waals surface area contributed by atoms with Crippen molar-refractivity contribution in [3.8, 4) is 0 Å². The first-order valence-electron chi connectivity index (χ1n) is 5.97. The molecule has 10 heteroatoms. The number of amides is 2. The van der Waals surface area contributed by atoms with Crippen LogP contribution in [0.25, 0.3) is 0 Å². The van der Waals surface area contributed by atoms with E-state index in [2.05, 4.69) is 36.2 Å². The van der Waals surface area contributed by atoms with Crippen molar-refractivity contribution in [3.63, 3.8) is 0 Å². The Morgan fingerprint density at radius 3 is 3.00 bits per heavy atom. The number of carboxylic acids is 1. The van der Waals surface area contributed by atoms with Crippen LogP contribution in [-0.4, -0.2) is 43.0 Å². The maximum absolute atomic E-state index is 12.3. The van der Waals surface area contributed by atoms with Crippen LogP contribution in [0.4, 0.5) is 9.93 Å². The Hall–Kier alpha value is -1.94. The van der Waals surface area contributed by atoms with E-state index in [9.17, 15) is 14.7 Å². The van der Waals surface area contributed by atoms with Crippen LogP contribution >= 0.6 is 27.3 Å². The molecule has 110 valence electrons. The van der Waals surface area contributed by atoms with Crippen molar-refractivity contribution in [2.75, 3.05) is 5.32 Å². The molecule has 0 aromatic carbocycles. The number of nitrogens with zero attached hydrogens (tertiary/aromatic N) is 3. The molecular weight excluding hydrogens is 362 g/mol. The number of urea groups is 1. The van der Waals surface area contributed by atoms with Crippen molar-refractivity contribution in [3.05, 3.63) is 27.7 Å². The van der Waals surface area contributed by atoms with Crippen LogP contribution in [0, 0.1) is 0 Å². The van der Waals surface area contributed by atoms with Gasteiger partial charge in [-0.05, 0) is 15.9 Å². The number of aromatic amines is 1. The normalized spacial score (nSPS) is 17.4. The Morgan fingerprint density at radius 2 is 2.33 bits per heavy atom. The molecule has 8 nitrogen and oxygen atoms in total. The van der Waals surface area contributed by atoms with E-state index in [0.717, 1.165) is 9.48 Å². The van der Waals surface area contributed by atoms with Gasteiger partial charge in [-0.1, -0.05) is 11.3 Å². The van der Waals surface area contributed by atoms with Crippen molar-refractivity contribution in [2.24, 2.45) is 0 Å². The Labute approximate surface area is 131 Å². The largest absolute Gasteiger partial charge is 0.480 e. The SMILES string of the molecule is O=C(O)C1Cc2nc[nH]c2CN1C(=O)Nc1ncc(Br)s1. The highest BCUT2D eigenvalue weighted by atomic mass is 79.9. The average Bonchev–Trinajstić information content (AvgIpc) is 3.05. The fourth-order valence-electron chi connectivity index (χ4n) is 2.15. The quantitative estimate of drug-likeness (QED) is 0.743. The molecule has 2 amide bonds. The second-order valence-electron chi connectivity index (χ2n) is 4.41. The topological polar surface area (TPSA) is 111 Å². The van der Waals surface area contributed by atoms with Gasteiger partial charge in [-0.2, -0.15) is 0 Å².